The SMILES string of the molecule is CCCC(n1ccnc1)C(C)(C)C. The monoisotopic (exact) mass is 180 g/mol. The van der Waals surface area contributed by atoms with Gasteiger partial charge >= 0.3 is 0 Å². The van der Waals surface area contributed by atoms with Crippen LogP contribution in [-0.2, 0) is 0 Å². The van der Waals surface area contributed by atoms with Gasteiger partial charge in [-0.05, 0) is 11.8 Å². The van der Waals surface area contributed by atoms with Crippen LogP contribution in [0.1, 0.15) is 46.6 Å². The molecule has 0 aliphatic heterocycles. The smallest absolute Gasteiger partial charge is 0.0948 e. The lowest BCUT2D eigenvalue weighted by Gasteiger charge is -2.31. The summed E-state index contributed by atoms with van der Waals surface area (Å²) in [4.78, 5) is 4.10. The van der Waals surface area contributed by atoms with E-state index in [1.165, 1.54) is 12.8 Å². The molecule has 0 amide bonds. The Balaban J connectivity index is 2.81. The summed E-state index contributed by atoms with van der Waals surface area (Å²) in [5, 5.41) is 0. The van der Waals surface area contributed by atoms with Crippen molar-refractivity contribution in [1.82, 2.24) is 9.55 Å². The summed E-state index contributed by atoms with van der Waals surface area (Å²) >= 11 is 0. The van der Waals surface area contributed by atoms with Gasteiger partial charge in [-0.15, -0.1) is 0 Å². The number of aromatic nitrogens is 2. The van der Waals surface area contributed by atoms with Gasteiger partial charge in [0, 0.05) is 18.4 Å². The van der Waals surface area contributed by atoms with Crippen molar-refractivity contribution in [3.05, 3.63) is 18.7 Å². The number of nitrogens with zero attached hydrogens (tertiary/aromatic N) is 2. The molecule has 1 aromatic heterocycles. The lowest BCUT2D eigenvalue weighted by Crippen LogP contribution is -2.23. The van der Waals surface area contributed by atoms with Crippen molar-refractivity contribution < 1.29 is 0 Å². The standard InChI is InChI=1S/C11H20N2/c1-5-6-10(11(2,3)4)13-8-7-12-9-13/h7-10H,5-6H2,1-4H3. The Bertz CT molecular complexity index is 231. The van der Waals surface area contributed by atoms with Crippen LogP contribution in [-0.4, -0.2) is 9.55 Å². The molecule has 1 unspecified atom stereocenters. The van der Waals surface area contributed by atoms with Gasteiger partial charge in [0.25, 0.3) is 0 Å². The second kappa shape index (κ2) is 3.95. The van der Waals surface area contributed by atoms with E-state index < -0.39 is 0 Å². The Morgan fingerprint density at radius 1 is 1.38 bits per heavy atom. The molecule has 74 valence electrons. The predicted molar refractivity (Wildman–Crippen MR) is 55.6 cm³/mol. The zero-order valence-electron chi connectivity index (χ0n) is 9.12. The molecule has 0 aliphatic rings. The molecular weight excluding hydrogens is 160 g/mol. The first kappa shape index (κ1) is 10.3. The van der Waals surface area contributed by atoms with E-state index in [1.54, 1.807) is 0 Å². The van der Waals surface area contributed by atoms with Crippen LogP contribution in [0.2, 0.25) is 0 Å². The maximum atomic E-state index is 4.10. The summed E-state index contributed by atoms with van der Waals surface area (Å²) in [6.45, 7) is 9.09. The number of imidazole rings is 1. The van der Waals surface area contributed by atoms with Crippen molar-refractivity contribution in [3.8, 4) is 0 Å². The second-order valence-corrected chi connectivity index (χ2v) is 4.68. The number of rotatable bonds is 3. The molecule has 0 bridgehead atoms. The minimum absolute atomic E-state index is 0.316. The highest BCUT2D eigenvalue weighted by Crippen LogP contribution is 2.33. The quantitative estimate of drug-likeness (QED) is 0.698. The topological polar surface area (TPSA) is 17.8 Å². The van der Waals surface area contributed by atoms with Crippen LogP contribution in [0.5, 0.6) is 0 Å². The van der Waals surface area contributed by atoms with E-state index in [1.807, 2.05) is 12.5 Å². The summed E-state index contributed by atoms with van der Waals surface area (Å²) in [5.41, 5.74) is 0.316. The fourth-order valence-electron chi connectivity index (χ4n) is 1.76. The molecule has 13 heavy (non-hydrogen) atoms. The van der Waals surface area contributed by atoms with Gasteiger partial charge in [0.05, 0.1) is 6.33 Å². The van der Waals surface area contributed by atoms with Crippen LogP contribution in [0.15, 0.2) is 18.7 Å². The van der Waals surface area contributed by atoms with Crippen LogP contribution in [0.3, 0.4) is 0 Å². The highest BCUT2D eigenvalue weighted by Gasteiger charge is 2.24. The molecule has 2 nitrogen and oxygen atoms in total. The Labute approximate surface area is 81.0 Å². The minimum atomic E-state index is 0.316. The second-order valence-electron chi connectivity index (χ2n) is 4.68. The normalized spacial score (nSPS) is 14.5. The van der Waals surface area contributed by atoms with Crippen molar-refractivity contribution in [1.29, 1.82) is 0 Å². The average Bonchev–Trinajstić information content (AvgIpc) is 2.49. The van der Waals surface area contributed by atoms with E-state index in [-0.39, 0.29) is 0 Å². The molecule has 0 saturated heterocycles. The maximum absolute atomic E-state index is 4.10. The van der Waals surface area contributed by atoms with Gasteiger partial charge in [-0.2, -0.15) is 0 Å². The molecule has 1 rings (SSSR count). The van der Waals surface area contributed by atoms with E-state index in [0.29, 0.717) is 11.5 Å². The van der Waals surface area contributed by atoms with Gasteiger partial charge < -0.3 is 4.57 Å². The number of hydrogen-bond acceptors (Lipinski definition) is 1. The Kier molecular flexibility index (Phi) is 3.12. The van der Waals surface area contributed by atoms with Gasteiger partial charge in [0.1, 0.15) is 0 Å². The zero-order chi connectivity index (χ0) is 9.90. The molecule has 1 atom stereocenters. The minimum Gasteiger partial charge on any atom is -0.334 e. The zero-order valence-corrected chi connectivity index (χ0v) is 9.12. The van der Waals surface area contributed by atoms with Gasteiger partial charge in [-0.3, -0.25) is 0 Å². The molecule has 2 heteroatoms. The Morgan fingerprint density at radius 3 is 2.46 bits per heavy atom. The lowest BCUT2D eigenvalue weighted by atomic mass is 9.84. The van der Waals surface area contributed by atoms with Gasteiger partial charge in [0.15, 0.2) is 0 Å². The van der Waals surface area contributed by atoms with E-state index in [9.17, 15) is 0 Å². The maximum Gasteiger partial charge on any atom is 0.0948 e. The fraction of sp³-hybridized carbons (Fsp3) is 0.727. The molecule has 1 heterocycles. The third-order valence-electron chi connectivity index (χ3n) is 2.45. The molecule has 0 saturated carbocycles. The largest absolute Gasteiger partial charge is 0.334 e. The molecule has 1 aromatic rings. The van der Waals surface area contributed by atoms with Gasteiger partial charge in [0.2, 0.25) is 0 Å². The number of hydrogen-bond donors (Lipinski definition) is 0. The first-order chi connectivity index (χ1) is 6.05. The Morgan fingerprint density at radius 2 is 2.08 bits per heavy atom. The van der Waals surface area contributed by atoms with Crippen LogP contribution in [0.25, 0.3) is 0 Å². The van der Waals surface area contributed by atoms with Gasteiger partial charge in [-0.25, -0.2) is 4.98 Å². The summed E-state index contributed by atoms with van der Waals surface area (Å²) in [5.74, 6) is 0. The first-order valence-corrected chi connectivity index (χ1v) is 5.03. The predicted octanol–water partition coefficient (Wildman–Crippen LogP) is 3.27. The van der Waals surface area contributed by atoms with Crippen molar-refractivity contribution >= 4 is 0 Å². The van der Waals surface area contributed by atoms with Crippen LogP contribution >= 0.6 is 0 Å². The molecule has 0 fully saturated rings. The third kappa shape index (κ3) is 2.58. The van der Waals surface area contributed by atoms with Crippen LogP contribution in [0.4, 0.5) is 0 Å². The summed E-state index contributed by atoms with van der Waals surface area (Å²) < 4.78 is 2.23. The Hall–Kier alpha value is -0.790. The molecule has 0 aromatic carbocycles. The molecular formula is C11H20N2. The molecule has 0 aliphatic carbocycles. The van der Waals surface area contributed by atoms with E-state index >= 15 is 0 Å². The summed E-state index contributed by atoms with van der Waals surface area (Å²) in [7, 11) is 0. The molecule has 0 spiro atoms. The van der Waals surface area contributed by atoms with E-state index in [0.717, 1.165) is 0 Å². The first-order valence-electron chi connectivity index (χ1n) is 5.03. The van der Waals surface area contributed by atoms with Crippen LogP contribution in [0, 0.1) is 5.41 Å². The van der Waals surface area contributed by atoms with Crippen molar-refractivity contribution in [2.45, 2.75) is 46.6 Å². The third-order valence-corrected chi connectivity index (χ3v) is 2.45. The van der Waals surface area contributed by atoms with E-state index in [4.69, 9.17) is 0 Å². The fourth-order valence-corrected chi connectivity index (χ4v) is 1.76. The van der Waals surface area contributed by atoms with Crippen LogP contribution < -0.4 is 0 Å². The summed E-state index contributed by atoms with van der Waals surface area (Å²) in [6.07, 6.45) is 8.28. The van der Waals surface area contributed by atoms with Crippen molar-refractivity contribution in [2.24, 2.45) is 5.41 Å². The van der Waals surface area contributed by atoms with E-state index in [2.05, 4.69) is 43.4 Å². The lowest BCUT2D eigenvalue weighted by molar-refractivity contribution is 0.226. The van der Waals surface area contributed by atoms with Crippen molar-refractivity contribution in [2.75, 3.05) is 0 Å². The highest BCUT2D eigenvalue weighted by atomic mass is 15.1. The summed E-state index contributed by atoms with van der Waals surface area (Å²) in [6, 6.07) is 0.569. The molecule has 0 radical (unpaired) electrons. The van der Waals surface area contributed by atoms with Gasteiger partial charge in [-0.1, -0.05) is 34.1 Å². The van der Waals surface area contributed by atoms with Crippen molar-refractivity contribution in [3.63, 3.8) is 0 Å². The highest BCUT2D eigenvalue weighted by molar-refractivity contribution is 4.86. The average molecular weight is 180 g/mol. The molecule has 0 N–H and O–H groups in total.